The minimum atomic E-state index is -0.0360. The summed E-state index contributed by atoms with van der Waals surface area (Å²) in [5, 5.41) is 0. The molecule has 0 spiro atoms. The zero-order chi connectivity index (χ0) is 12.3. The van der Waals surface area contributed by atoms with E-state index >= 15 is 0 Å². The molecule has 0 aliphatic carbocycles. The van der Waals surface area contributed by atoms with Gasteiger partial charge in [-0.15, -0.1) is 0 Å². The van der Waals surface area contributed by atoms with Crippen molar-refractivity contribution >= 4 is 0 Å². The highest BCUT2D eigenvalue weighted by atomic mass is 16.5. The molecule has 0 radical (unpaired) electrons. The Bertz CT molecular complexity index is 169. The molecule has 0 atom stereocenters. The molecule has 15 heavy (non-hydrogen) atoms. The summed E-state index contributed by atoms with van der Waals surface area (Å²) in [5.74, 6) is 0.843. The van der Waals surface area contributed by atoms with Crippen LogP contribution in [-0.4, -0.2) is 12.7 Å². The van der Waals surface area contributed by atoms with E-state index in [9.17, 15) is 0 Å². The standard InChI is InChI=1S/C8H16O.C5H10O/c1-5-6-7-9-8(2,3)4;1-4-5(2)6-3/h6-7H,5H2,1-4H3;2,4H2,1,3H3. The van der Waals surface area contributed by atoms with Crippen molar-refractivity contribution in [1.29, 1.82) is 0 Å². The summed E-state index contributed by atoms with van der Waals surface area (Å²) in [5.41, 5.74) is -0.0360. The van der Waals surface area contributed by atoms with Crippen molar-refractivity contribution in [3.05, 3.63) is 24.7 Å². The maximum Gasteiger partial charge on any atom is 0.0998 e. The maximum atomic E-state index is 5.29. The van der Waals surface area contributed by atoms with Crippen molar-refractivity contribution in [3.63, 3.8) is 0 Å². The van der Waals surface area contributed by atoms with Crippen LogP contribution in [0.3, 0.4) is 0 Å². The van der Waals surface area contributed by atoms with Gasteiger partial charge in [0.2, 0.25) is 0 Å². The fourth-order valence-corrected chi connectivity index (χ4v) is 0.493. The highest BCUT2D eigenvalue weighted by Crippen LogP contribution is 2.06. The van der Waals surface area contributed by atoms with Crippen molar-refractivity contribution in [2.45, 2.75) is 53.1 Å². The Morgan fingerprint density at radius 2 is 1.80 bits per heavy atom. The lowest BCUT2D eigenvalue weighted by Crippen LogP contribution is -2.15. The zero-order valence-corrected chi connectivity index (χ0v) is 11.1. The average Bonchev–Trinajstić information content (AvgIpc) is 2.16. The summed E-state index contributed by atoms with van der Waals surface area (Å²) in [6.45, 7) is 13.8. The van der Waals surface area contributed by atoms with Crippen LogP contribution in [0.2, 0.25) is 0 Å². The molecule has 0 saturated carbocycles. The Balaban J connectivity index is 0. The molecule has 0 heterocycles. The summed E-state index contributed by atoms with van der Waals surface area (Å²) < 4.78 is 9.99. The largest absolute Gasteiger partial charge is 0.502 e. The van der Waals surface area contributed by atoms with Gasteiger partial charge in [-0.1, -0.05) is 26.5 Å². The Morgan fingerprint density at radius 3 is 2.00 bits per heavy atom. The van der Waals surface area contributed by atoms with Gasteiger partial charge >= 0.3 is 0 Å². The van der Waals surface area contributed by atoms with E-state index in [2.05, 4.69) is 13.5 Å². The molecule has 0 fully saturated rings. The molecule has 0 aromatic heterocycles. The number of hydrogen-bond donors (Lipinski definition) is 0. The van der Waals surface area contributed by atoms with Gasteiger partial charge in [-0.3, -0.25) is 0 Å². The predicted octanol–water partition coefficient (Wildman–Crippen LogP) is 4.28. The summed E-state index contributed by atoms with van der Waals surface area (Å²) in [7, 11) is 1.63. The van der Waals surface area contributed by atoms with E-state index in [0.717, 1.165) is 18.6 Å². The second-order valence-corrected chi connectivity index (χ2v) is 4.11. The second kappa shape index (κ2) is 9.63. The van der Waals surface area contributed by atoms with Crippen LogP contribution in [0.25, 0.3) is 0 Å². The van der Waals surface area contributed by atoms with Crippen LogP contribution in [-0.2, 0) is 9.47 Å². The van der Waals surface area contributed by atoms with Crippen LogP contribution >= 0.6 is 0 Å². The van der Waals surface area contributed by atoms with E-state index < -0.39 is 0 Å². The lowest BCUT2D eigenvalue weighted by atomic mass is 10.2. The van der Waals surface area contributed by atoms with E-state index in [0.29, 0.717) is 0 Å². The molecule has 2 nitrogen and oxygen atoms in total. The van der Waals surface area contributed by atoms with Crippen molar-refractivity contribution in [2.75, 3.05) is 7.11 Å². The maximum absolute atomic E-state index is 5.29. The number of allylic oxidation sites excluding steroid dienone is 2. The number of rotatable bonds is 4. The van der Waals surface area contributed by atoms with Gasteiger partial charge in [0.1, 0.15) is 0 Å². The topological polar surface area (TPSA) is 18.5 Å². The summed E-state index contributed by atoms with van der Waals surface area (Å²) in [6.07, 6.45) is 5.72. The summed E-state index contributed by atoms with van der Waals surface area (Å²) in [6, 6.07) is 0. The lowest BCUT2D eigenvalue weighted by molar-refractivity contribution is 0.0762. The highest BCUT2D eigenvalue weighted by molar-refractivity contribution is 4.77. The van der Waals surface area contributed by atoms with Crippen molar-refractivity contribution in [3.8, 4) is 0 Å². The molecule has 0 aromatic rings. The SMILES string of the molecule is C=C(CC)OC.CCC=COC(C)(C)C. The van der Waals surface area contributed by atoms with Gasteiger partial charge in [-0.2, -0.15) is 0 Å². The van der Waals surface area contributed by atoms with Gasteiger partial charge in [0.15, 0.2) is 0 Å². The minimum Gasteiger partial charge on any atom is -0.502 e. The van der Waals surface area contributed by atoms with E-state index in [-0.39, 0.29) is 5.60 Å². The zero-order valence-electron chi connectivity index (χ0n) is 11.1. The Kier molecular flexibility index (Phi) is 10.6. The van der Waals surface area contributed by atoms with Crippen molar-refractivity contribution in [2.24, 2.45) is 0 Å². The van der Waals surface area contributed by atoms with Crippen LogP contribution in [0, 0.1) is 0 Å². The first kappa shape index (κ1) is 16.5. The number of ether oxygens (including phenoxy) is 2. The van der Waals surface area contributed by atoms with Gasteiger partial charge in [0.25, 0.3) is 0 Å². The van der Waals surface area contributed by atoms with E-state index in [1.807, 2.05) is 33.8 Å². The minimum absolute atomic E-state index is 0.0360. The molecule has 90 valence electrons. The van der Waals surface area contributed by atoms with E-state index in [1.54, 1.807) is 13.4 Å². The van der Waals surface area contributed by atoms with E-state index in [4.69, 9.17) is 9.47 Å². The third-order valence-electron chi connectivity index (χ3n) is 1.44. The van der Waals surface area contributed by atoms with Crippen LogP contribution in [0.5, 0.6) is 0 Å². The molecular weight excluding hydrogens is 188 g/mol. The third kappa shape index (κ3) is 19.5. The lowest BCUT2D eigenvalue weighted by Gasteiger charge is -2.17. The molecule has 2 heteroatoms. The summed E-state index contributed by atoms with van der Waals surface area (Å²) >= 11 is 0. The van der Waals surface area contributed by atoms with Crippen LogP contribution in [0.1, 0.15) is 47.5 Å². The molecular formula is C13H26O2. The Hall–Kier alpha value is -0.920. The fraction of sp³-hybridized carbons (Fsp3) is 0.692. The smallest absolute Gasteiger partial charge is 0.0998 e. The molecule has 0 unspecified atom stereocenters. The van der Waals surface area contributed by atoms with Gasteiger partial charge < -0.3 is 9.47 Å². The number of hydrogen-bond acceptors (Lipinski definition) is 2. The predicted molar refractivity (Wildman–Crippen MR) is 66.7 cm³/mol. The fourth-order valence-electron chi connectivity index (χ4n) is 0.493. The molecule has 0 amide bonds. The third-order valence-corrected chi connectivity index (χ3v) is 1.44. The molecule has 0 rings (SSSR count). The van der Waals surface area contributed by atoms with Gasteiger partial charge in [-0.25, -0.2) is 0 Å². The van der Waals surface area contributed by atoms with E-state index in [1.165, 1.54) is 0 Å². The van der Waals surface area contributed by atoms with Gasteiger partial charge in [-0.05, 0) is 27.2 Å². The quantitative estimate of drug-likeness (QED) is 0.650. The van der Waals surface area contributed by atoms with Crippen LogP contribution in [0.15, 0.2) is 24.7 Å². The molecule has 0 aliphatic rings. The summed E-state index contributed by atoms with van der Waals surface area (Å²) in [4.78, 5) is 0. The Morgan fingerprint density at radius 1 is 1.27 bits per heavy atom. The van der Waals surface area contributed by atoms with Gasteiger partial charge in [0.05, 0.1) is 24.7 Å². The molecule has 0 N–H and O–H groups in total. The molecule has 0 aromatic carbocycles. The normalized spacial score (nSPS) is 10.5. The molecule has 0 aliphatic heterocycles. The molecule has 0 bridgehead atoms. The Labute approximate surface area is 95.0 Å². The second-order valence-electron chi connectivity index (χ2n) is 4.11. The first-order valence-corrected chi connectivity index (χ1v) is 5.42. The van der Waals surface area contributed by atoms with Crippen molar-refractivity contribution < 1.29 is 9.47 Å². The van der Waals surface area contributed by atoms with Crippen molar-refractivity contribution in [1.82, 2.24) is 0 Å². The van der Waals surface area contributed by atoms with Crippen LogP contribution < -0.4 is 0 Å². The monoisotopic (exact) mass is 214 g/mol. The average molecular weight is 214 g/mol. The highest BCUT2D eigenvalue weighted by Gasteiger charge is 2.06. The van der Waals surface area contributed by atoms with Gasteiger partial charge in [0, 0.05) is 6.42 Å². The molecule has 0 saturated heterocycles. The first-order chi connectivity index (χ1) is 6.87. The number of methoxy groups -OCH3 is 1. The first-order valence-electron chi connectivity index (χ1n) is 5.42. The van der Waals surface area contributed by atoms with Crippen LogP contribution in [0.4, 0.5) is 0 Å².